The Morgan fingerprint density at radius 1 is 1.10 bits per heavy atom. The first kappa shape index (κ1) is 13.9. The monoisotopic (exact) mass is 282 g/mol. The Kier molecular flexibility index (Phi) is 3.32. The largest absolute Gasteiger partial charge is 0.496 e. The Morgan fingerprint density at radius 2 is 1.81 bits per heavy atom. The lowest BCUT2D eigenvalue weighted by atomic mass is 9.65. The fourth-order valence-electron chi connectivity index (χ4n) is 3.13. The Balaban J connectivity index is 2.16. The fourth-order valence-corrected chi connectivity index (χ4v) is 3.13. The molecule has 0 aromatic heterocycles. The van der Waals surface area contributed by atoms with Gasteiger partial charge in [0.2, 0.25) is 0 Å². The zero-order valence-electron chi connectivity index (χ0n) is 12.2. The van der Waals surface area contributed by atoms with E-state index < -0.39 is 11.7 Å². The zero-order valence-corrected chi connectivity index (χ0v) is 12.2. The number of methoxy groups -OCH3 is 2. The van der Waals surface area contributed by atoms with E-state index in [1.165, 1.54) is 0 Å². The number of fused-ring (bicyclic) bond motifs is 1. The van der Waals surface area contributed by atoms with Crippen molar-refractivity contribution in [2.75, 3.05) is 14.2 Å². The summed E-state index contributed by atoms with van der Waals surface area (Å²) >= 11 is 0. The van der Waals surface area contributed by atoms with E-state index in [9.17, 15) is 5.11 Å². The molecule has 3 nitrogen and oxygen atoms in total. The van der Waals surface area contributed by atoms with Gasteiger partial charge in [0.1, 0.15) is 11.9 Å². The molecule has 1 aliphatic carbocycles. The van der Waals surface area contributed by atoms with E-state index in [0.717, 1.165) is 22.3 Å². The number of hydrogen-bond acceptors (Lipinski definition) is 3. The second-order valence-electron chi connectivity index (χ2n) is 5.11. The van der Waals surface area contributed by atoms with Gasteiger partial charge in [0.15, 0.2) is 5.60 Å². The summed E-state index contributed by atoms with van der Waals surface area (Å²) in [5.74, 6) is 0.705. The predicted molar refractivity (Wildman–Crippen MR) is 82.1 cm³/mol. The minimum Gasteiger partial charge on any atom is -0.496 e. The third-order valence-corrected chi connectivity index (χ3v) is 4.22. The smallest absolute Gasteiger partial charge is 0.152 e. The first-order chi connectivity index (χ1) is 10.2. The van der Waals surface area contributed by atoms with Crippen LogP contribution in [0.1, 0.15) is 22.8 Å². The van der Waals surface area contributed by atoms with Gasteiger partial charge in [-0.2, -0.15) is 0 Å². The quantitative estimate of drug-likeness (QED) is 0.935. The second kappa shape index (κ2) is 5.02. The molecule has 0 fully saturated rings. The minimum atomic E-state index is -0.955. The maximum Gasteiger partial charge on any atom is 0.152 e. The van der Waals surface area contributed by atoms with Crippen LogP contribution in [0.3, 0.4) is 0 Å². The van der Waals surface area contributed by atoms with Gasteiger partial charge in [0, 0.05) is 12.7 Å². The molecule has 3 heteroatoms. The SMILES string of the molecule is C=C(c1ccccc1)[C@@]1(OC)c2c(OC)cccc2[C@@H]1O. The van der Waals surface area contributed by atoms with Crippen molar-refractivity contribution in [1.29, 1.82) is 0 Å². The summed E-state index contributed by atoms with van der Waals surface area (Å²) in [5.41, 5.74) is 2.40. The fraction of sp³-hybridized carbons (Fsp3) is 0.222. The highest BCUT2D eigenvalue weighted by Gasteiger charge is 2.56. The third-order valence-electron chi connectivity index (χ3n) is 4.22. The summed E-state index contributed by atoms with van der Waals surface area (Å²) in [7, 11) is 3.21. The maximum absolute atomic E-state index is 10.6. The van der Waals surface area contributed by atoms with Crippen LogP contribution in [0.2, 0.25) is 0 Å². The van der Waals surface area contributed by atoms with E-state index in [1.807, 2.05) is 48.5 Å². The summed E-state index contributed by atoms with van der Waals surface area (Å²) in [6.07, 6.45) is -0.750. The Morgan fingerprint density at radius 3 is 2.43 bits per heavy atom. The third kappa shape index (κ3) is 1.75. The van der Waals surface area contributed by atoms with Gasteiger partial charge < -0.3 is 14.6 Å². The number of rotatable bonds is 4. The average Bonchev–Trinajstić information content (AvgIpc) is 2.55. The summed E-state index contributed by atoms with van der Waals surface area (Å²) in [5, 5.41) is 10.6. The molecular weight excluding hydrogens is 264 g/mol. The van der Waals surface area contributed by atoms with Crippen molar-refractivity contribution in [2.24, 2.45) is 0 Å². The van der Waals surface area contributed by atoms with Crippen LogP contribution >= 0.6 is 0 Å². The molecule has 21 heavy (non-hydrogen) atoms. The Hall–Kier alpha value is -2.10. The lowest BCUT2D eigenvalue weighted by molar-refractivity contribution is -0.0971. The molecule has 0 saturated carbocycles. The van der Waals surface area contributed by atoms with Crippen LogP contribution in [-0.2, 0) is 10.3 Å². The van der Waals surface area contributed by atoms with Crippen LogP contribution < -0.4 is 4.74 Å². The van der Waals surface area contributed by atoms with Crippen LogP contribution in [0.4, 0.5) is 0 Å². The van der Waals surface area contributed by atoms with Crippen molar-refractivity contribution in [2.45, 2.75) is 11.7 Å². The molecule has 0 heterocycles. The number of hydrogen-bond donors (Lipinski definition) is 1. The lowest BCUT2D eigenvalue weighted by Gasteiger charge is -2.49. The normalized spacial score (nSPS) is 23.1. The average molecular weight is 282 g/mol. The van der Waals surface area contributed by atoms with Gasteiger partial charge in [-0.05, 0) is 22.8 Å². The van der Waals surface area contributed by atoms with E-state index in [1.54, 1.807) is 14.2 Å². The van der Waals surface area contributed by atoms with Gasteiger partial charge in [0.05, 0.1) is 7.11 Å². The molecule has 1 aliphatic rings. The number of aliphatic hydroxyl groups excluding tert-OH is 1. The Bertz CT molecular complexity index is 664. The van der Waals surface area contributed by atoms with Gasteiger partial charge in [0.25, 0.3) is 0 Å². The summed E-state index contributed by atoms with van der Waals surface area (Å²) < 4.78 is 11.2. The molecule has 2 atom stereocenters. The summed E-state index contributed by atoms with van der Waals surface area (Å²) in [6, 6.07) is 15.4. The first-order valence-electron chi connectivity index (χ1n) is 6.82. The predicted octanol–water partition coefficient (Wildman–Crippen LogP) is 3.30. The highest BCUT2D eigenvalue weighted by Crippen LogP contribution is 2.60. The van der Waals surface area contributed by atoms with Gasteiger partial charge in [-0.3, -0.25) is 0 Å². The van der Waals surface area contributed by atoms with Crippen molar-refractivity contribution >= 4 is 5.57 Å². The van der Waals surface area contributed by atoms with Crippen LogP contribution in [-0.4, -0.2) is 19.3 Å². The van der Waals surface area contributed by atoms with Crippen molar-refractivity contribution in [3.05, 3.63) is 71.8 Å². The topological polar surface area (TPSA) is 38.7 Å². The van der Waals surface area contributed by atoms with Crippen molar-refractivity contribution in [3.8, 4) is 5.75 Å². The lowest BCUT2D eigenvalue weighted by Crippen LogP contribution is -2.46. The molecule has 1 N–H and O–H groups in total. The van der Waals surface area contributed by atoms with Gasteiger partial charge in [-0.15, -0.1) is 0 Å². The molecular formula is C18H18O3. The molecule has 3 rings (SSSR count). The van der Waals surface area contributed by atoms with Crippen molar-refractivity contribution in [1.82, 2.24) is 0 Å². The minimum absolute atomic E-state index is 0.705. The summed E-state index contributed by atoms with van der Waals surface area (Å²) in [6.45, 7) is 4.17. The highest BCUT2D eigenvalue weighted by atomic mass is 16.5. The van der Waals surface area contributed by atoms with Crippen LogP contribution in [0.5, 0.6) is 5.75 Å². The molecule has 0 saturated heterocycles. The van der Waals surface area contributed by atoms with Gasteiger partial charge in [-0.1, -0.05) is 49.0 Å². The van der Waals surface area contributed by atoms with Crippen LogP contribution in [0, 0.1) is 0 Å². The zero-order chi connectivity index (χ0) is 15.0. The molecule has 0 unspecified atom stereocenters. The van der Waals surface area contributed by atoms with Crippen LogP contribution in [0.15, 0.2) is 55.1 Å². The van der Waals surface area contributed by atoms with E-state index in [2.05, 4.69) is 6.58 Å². The van der Waals surface area contributed by atoms with Gasteiger partial charge >= 0.3 is 0 Å². The second-order valence-corrected chi connectivity index (χ2v) is 5.11. The molecule has 0 spiro atoms. The molecule has 108 valence electrons. The molecule has 2 aromatic rings. The van der Waals surface area contributed by atoms with Gasteiger partial charge in [-0.25, -0.2) is 0 Å². The van der Waals surface area contributed by atoms with E-state index in [-0.39, 0.29) is 0 Å². The van der Waals surface area contributed by atoms with E-state index in [4.69, 9.17) is 9.47 Å². The molecule has 0 bridgehead atoms. The molecule has 0 aliphatic heterocycles. The molecule has 0 radical (unpaired) electrons. The van der Waals surface area contributed by atoms with E-state index >= 15 is 0 Å². The number of benzene rings is 2. The van der Waals surface area contributed by atoms with Crippen LogP contribution in [0.25, 0.3) is 5.57 Å². The highest BCUT2D eigenvalue weighted by molar-refractivity contribution is 5.79. The number of ether oxygens (including phenoxy) is 2. The molecule has 0 amide bonds. The van der Waals surface area contributed by atoms with Crippen molar-refractivity contribution in [3.63, 3.8) is 0 Å². The number of aliphatic hydroxyl groups is 1. The van der Waals surface area contributed by atoms with Crippen molar-refractivity contribution < 1.29 is 14.6 Å². The first-order valence-corrected chi connectivity index (χ1v) is 6.82. The Labute approximate surface area is 124 Å². The van der Waals surface area contributed by atoms with E-state index in [0.29, 0.717) is 5.75 Å². The standard InChI is InChI=1S/C18H18O3/c1-12(13-8-5-4-6-9-13)18(21-3)16-14(17(18)19)10-7-11-15(16)20-2/h4-11,17,19H,1H2,2-3H3/t17-,18+/m0/s1. The summed E-state index contributed by atoms with van der Waals surface area (Å²) in [4.78, 5) is 0. The maximum atomic E-state index is 10.6. The molecule has 2 aromatic carbocycles.